The van der Waals surface area contributed by atoms with E-state index >= 15 is 0 Å². The lowest BCUT2D eigenvalue weighted by Crippen LogP contribution is -2.58. The summed E-state index contributed by atoms with van der Waals surface area (Å²) in [5.74, 6) is -0.719. The topological polar surface area (TPSA) is 154 Å². The van der Waals surface area contributed by atoms with Crippen molar-refractivity contribution in [3.05, 3.63) is 11.6 Å². The van der Waals surface area contributed by atoms with Crippen LogP contribution in [0.25, 0.3) is 0 Å². The van der Waals surface area contributed by atoms with Crippen LogP contribution in [0, 0.1) is 23.2 Å². The number of ketones is 1. The van der Waals surface area contributed by atoms with Crippen molar-refractivity contribution < 1.29 is 43.7 Å². The van der Waals surface area contributed by atoms with Crippen LogP contribution in [0.15, 0.2) is 11.6 Å². The number of fused-ring (bicyclic) bond motifs is 3. The normalized spacial score (nSPS) is 49.4. The van der Waals surface area contributed by atoms with Crippen LogP contribution in [-0.2, 0) is 18.4 Å². The average molecular weight is 545 g/mol. The van der Waals surface area contributed by atoms with Crippen molar-refractivity contribution in [2.75, 3.05) is 0 Å². The summed E-state index contributed by atoms with van der Waals surface area (Å²) in [6.45, 7) is 9.10. The first kappa shape index (κ1) is 29.3. The maximum Gasteiger partial charge on any atom is 0.473 e. The molecule has 0 radical (unpaired) electrons. The van der Waals surface area contributed by atoms with Gasteiger partial charge in [0.15, 0.2) is 5.78 Å². The Morgan fingerprint density at radius 1 is 1.14 bits per heavy atom. The van der Waals surface area contributed by atoms with E-state index in [0.29, 0.717) is 50.5 Å². The van der Waals surface area contributed by atoms with Crippen molar-refractivity contribution in [1.29, 1.82) is 0 Å². The molecule has 9 nitrogen and oxygen atoms in total. The van der Waals surface area contributed by atoms with Crippen LogP contribution < -0.4 is 0 Å². The maximum atomic E-state index is 12.9. The Kier molecular flexibility index (Phi) is 7.75. The van der Waals surface area contributed by atoms with Gasteiger partial charge in [-0.15, -0.1) is 0 Å². The van der Waals surface area contributed by atoms with Gasteiger partial charge in [-0.1, -0.05) is 13.8 Å². The number of hydrogen-bond acceptors (Lipinski definition) is 8. The summed E-state index contributed by atoms with van der Waals surface area (Å²) in [7, 11) is -4.32. The second kappa shape index (κ2) is 9.77. The van der Waals surface area contributed by atoms with Gasteiger partial charge >= 0.3 is 7.82 Å². The predicted molar refractivity (Wildman–Crippen MR) is 136 cm³/mol. The molecule has 1 saturated heterocycles. The van der Waals surface area contributed by atoms with Gasteiger partial charge < -0.3 is 25.3 Å². The molecule has 37 heavy (non-hydrogen) atoms. The molecule has 0 spiro atoms. The highest BCUT2D eigenvalue weighted by Gasteiger charge is 2.69. The molecule has 0 aromatic carbocycles. The fourth-order valence-corrected chi connectivity index (χ4v) is 9.31. The van der Waals surface area contributed by atoms with Gasteiger partial charge in [-0.2, -0.15) is 0 Å². The van der Waals surface area contributed by atoms with Crippen molar-refractivity contribution in [3.63, 3.8) is 0 Å². The summed E-state index contributed by atoms with van der Waals surface area (Å²) in [5, 5.41) is 43.5. The fraction of sp³-hybridized carbons (Fsp3) is 0.889. The molecule has 0 aromatic heterocycles. The lowest BCUT2D eigenvalue weighted by atomic mass is 9.53. The van der Waals surface area contributed by atoms with Gasteiger partial charge in [-0.05, 0) is 102 Å². The fourth-order valence-electron chi connectivity index (χ4n) is 7.89. The Hall–Kier alpha value is -0.640. The summed E-state index contributed by atoms with van der Waals surface area (Å²) in [6, 6.07) is 0. The minimum atomic E-state index is -4.32. The van der Waals surface area contributed by atoms with E-state index < -0.39 is 48.4 Å². The molecule has 10 heteroatoms. The Balaban J connectivity index is 1.71. The van der Waals surface area contributed by atoms with Gasteiger partial charge in [-0.25, -0.2) is 4.57 Å². The van der Waals surface area contributed by atoms with Crippen molar-refractivity contribution in [2.45, 2.75) is 128 Å². The highest BCUT2D eigenvalue weighted by atomic mass is 31.2. The van der Waals surface area contributed by atoms with Crippen molar-refractivity contribution >= 4 is 13.6 Å². The standard InChI is InChI=1S/C27H45O9P/c1-16-14-21(30)20(29)7-6-17(28)15-19-18(16)8-12-25(4)22(9-13-27(19,25)32)26(5)23(10-11-24(2,3)31)35-37(33,34)36-26/h15-16,18,20-23,29-32H,6-14H2,1-5H3,(H,33,34). The smallest absolute Gasteiger partial charge is 0.390 e. The average Bonchev–Trinajstić information content (AvgIpc) is 3.19. The van der Waals surface area contributed by atoms with E-state index in [4.69, 9.17) is 9.05 Å². The highest BCUT2D eigenvalue weighted by molar-refractivity contribution is 7.47. The molecule has 212 valence electrons. The Morgan fingerprint density at radius 3 is 2.46 bits per heavy atom. The molecule has 2 saturated carbocycles. The van der Waals surface area contributed by atoms with Gasteiger partial charge in [0.25, 0.3) is 0 Å². The number of rotatable bonds is 4. The third kappa shape index (κ3) is 5.28. The Bertz CT molecular complexity index is 975. The van der Waals surface area contributed by atoms with E-state index in [1.165, 1.54) is 0 Å². The van der Waals surface area contributed by atoms with Gasteiger partial charge in [0.05, 0.1) is 29.5 Å². The van der Waals surface area contributed by atoms with Crippen LogP contribution in [0.3, 0.4) is 0 Å². The van der Waals surface area contributed by atoms with Crippen LogP contribution in [0.4, 0.5) is 0 Å². The van der Waals surface area contributed by atoms with Crippen LogP contribution in [0.5, 0.6) is 0 Å². The zero-order valence-corrected chi connectivity index (χ0v) is 23.6. The molecule has 0 aromatic rings. The second-order valence-corrected chi connectivity index (χ2v) is 14.5. The van der Waals surface area contributed by atoms with E-state index in [2.05, 4.69) is 0 Å². The lowest BCUT2D eigenvalue weighted by Gasteiger charge is -2.55. The van der Waals surface area contributed by atoms with E-state index in [1.54, 1.807) is 26.8 Å². The quantitative estimate of drug-likeness (QED) is 0.335. The minimum absolute atomic E-state index is 0.0618. The maximum absolute atomic E-state index is 12.9. The van der Waals surface area contributed by atoms with Gasteiger partial charge in [0, 0.05) is 11.8 Å². The molecule has 0 amide bonds. The summed E-state index contributed by atoms with van der Waals surface area (Å²) < 4.78 is 24.0. The molecule has 4 rings (SSSR count). The molecule has 10 atom stereocenters. The zero-order valence-electron chi connectivity index (χ0n) is 22.7. The molecule has 10 unspecified atom stereocenters. The van der Waals surface area contributed by atoms with Crippen molar-refractivity contribution in [2.24, 2.45) is 23.2 Å². The first-order valence-electron chi connectivity index (χ1n) is 13.7. The van der Waals surface area contributed by atoms with Crippen LogP contribution in [-0.4, -0.2) is 66.2 Å². The lowest BCUT2D eigenvalue weighted by molar-refractivity contribution is -0.128. The SMILES string of the molecule is CC1CC(O)C(O)CCC(=O)C=C2C1CCC1(C)C(C3(C)OP(=O)(O)OC3CCC(C)(C)O)CCC21O. The van der Waals surface area contributed by atoms with E-state index in [0.717, 1.165) is 0 Å². The summed E-state index contributed by atoms with van der Waals surface area (Å²) in [5.41, 5.74) is -3.57. The Labute approximate surface area is 219 Å². The van der Waals surface area contributed by atoms with Crippen LogP contribution in [0.2, 0.25) is 0 Å². The minimum Gasteiger partial charge on any atom is -0.390 e. The predicted octanol–water partition coefficient (Wildman–Crippen LogP) is 3.41. The zero-order chi connectivity index (χ0) is 27.6. The number of allylic oxidation sites excluding steroid dienone is 1. The summed E-state index contributed by atoms with van der Waals surface area (Å²) in [4.78, 5) is 23.3. The monoisotopic (exact) mass is 544 g/mol. The van der Waals surface area contributed by atoms with Gasteiger partial charge in [0.2, 0.25) is 0 Å². The molecular weight excluding hydrogens is 499 g/mol. The van der Waals surface area contributed by atoms with Crippen molar-refractivity contribution in [3.8, 4) is 0 Å². The van der Waals surface area contributed by atoms with E-state index in [-0.39, 0.29) is 36.4 Å². The summed E-state index contributed by atoms with van der Waals surface area (Å²) >= 11 is 0. The number of carbonyl (C=O) groups is 1. The number of phosphoric acid groups is 1. The number of aliphatic hydroxyl groups is 4. The number of hydrogen-bond donors (Lipinski definition) is 5. The first-order chi connectivity index (χ1) is 16.9. The third-order valence-electron chi connectivity index (χ3n) is 10.0. The number of phosphoric ester groups is 1. The Morgan fingerprint density at radius 2 is 1.81 bits per heavy atom. The highest BCUT2D eigenvalue weighted by Crippen LogP contribution is 2.70. The van der Waals surface area contributed by atoms with Crippen LogP contribution in [0.1, 0.15) is 92.4 Å². The molecule has 3 fully saturated rings. The molecular formula is C27H45O9P. The van der Waals surface area contributed by atoms with E-state index in [9.17, 15) is 34.7 Å². The molecule has 0 bridgehead atoms. The molecule has 1 aliphatic heterocycles. The molecule has 1 heterocycles. The van der Waals surface area contributed by atoms with E-state index in [1.807, 2.05) is 13.8 Å². The molecule has 4 aliphatic rings. The van der Waals surface area contributed by atoms with Crippen molar-refractivity contribution in [1.82, 2.24) is 0 Å². The third-order valence-corrected chi connectivity index (χ3v) is 11.2. The molecule has 3 aliphatic carbocycles. The molecule has 5 N–H and O–H groups in total. The van der Waals surface area contributed by atoms with Gasteiger partial charge in [0.1, 0.15) is 5.60 Å². The van der Waals surface area contributed by atoms with Crippen LogP contribution >= 0.6 is 7.82 Å². The summed E-state index contributed by atoms with van der Waals surface area (Å²) in [6.07, 6.45) is 2.37. The largest absolute Gasteiger partial charge is 0.473 e. The number of aliphatic hydroxyl groups excluding tert-OH is 2. The second-order valence-electron chi connectivity index (χ2n) is 13.2. The first-order valence-corrected chi connectivity index (χ1v) is 15.2. The van der Waals surface area contributed by atoms with Gasteiger partial charge in [-0.3, -0.25) is 13.8 Å². The number of carbonyl (C=O) groups excluding carboxylic acids is 1.